The predicted molar refractivity (Wildman–Crippen MR) is 43.2 cm³/mol. The minimum Gasteiger partial charge on any atom is -0.326 e. The standard InChI is InChI=1S/C7H6Cl2N/c8-6-3-1-2-5(4-10)7(6)9/h1-2H,4,10H2. The number of halogens is 2. The molecule has 3 heteroatoms. The van der Waals surface area contributed by atoms with E-state index in [9.17, 15) is 0 Å². The van der Waals surface area contributed by atoms with Crippen LogP contribution in [0.15, 0.2) is 12.1 Å². The fourth-order valence-electron chi connectivity index (χ4n) is 0.651. The number of nitrogens with two attached hydrogens (primary N) is 1. The van der Waals surface area contributed by atoms with Crippen LogP contribution in [-0.4, -0.2) is 0 Å². The molecular formula is C7H6Cl2N. The smallest absolute Gasteiger partial charge is 0.0674 e. The number of benzene rings is 1. The van der Waals surface area contributed by atoms with E-state index in [0.29, 0.717) is 16.6 Å². The van der Waals surface area contributed by atoms with Crippen molar-refractivity contribution in [1.29, 1.82) is 0 Å². The molecule has 0 unspecified atom stereocenters. The zero-order valence-electron chi connectivity index (χ0n) is 5.20. The summed E-state index contributed by atoms with van der Waals surface area (Å²) in [6.45, 7) is 0.410. The Morgan fingerprint density at radius 3 is 2.70 bits per heavy atom. The fraction of sp³-hybridized carbons (Fsp3) is 0.143. The van der Waals surface area contributed by atoms with Crippen LogP contribution >= 0.6 is 23.2 Å². The highest BCUT2D eigenvalue weighted by atomic mass is 35.5. The molecule has 1 aromatic carbocycles. The first-order valence-electron chi connectivity index (χ1n) is 2.80. The lowest BCUT2D eigenvalue weighted by Crippen LogP contribution is -1.96. The van der Waals surface area contributed by atoms with Crippen molar-refractivity contribution in [1.82, 2.24) is 0 Å². The summed E-state index contributed by atoms with van der Waals surface area (Å²) in [5.74, 6) is 0. The Morgan fingerprint density at radius 2 is 2.20 bits per heavy atom. The summed E-state index contributed by atoms with van der Waals surface area (Å²) in [6, 6.07) is 6.26. The van der Waals surface area contributed by atoms with E-state index in [2.05, 4.69) is 6.07 Å². The topological polar surface area (TPSA) is 26.0 Å². The summed E-state index contributed by atoms with van der Waals surface area (Å²) in [4.78, 5) is 0. The van der Waals surface area contributed by atoms with Crippen LogP contribution in [0.1, 0.15) is 5.56 Å². The van der Waals surface area contributed by atoms with Crippen LogP contribution in [0.25, 0.3) is 0 Å². The van der Waals surface area contributed by atoms with Crippen LogP contribution in [0.2, 0.25) is 10.0 Å². The van der Waals surface area contributed by atoms with E-state index in [1.165, 1.54) is 0 Å². The van der Waals surface area contributed by atoms with E-state index in [1.807, 2.05) is 0 Å². The molecule has 1 aromatic rings. The summed E-state index contributed by atoms with van der Waals surface area (Å²) in [7, 11) is 0. The van der Waals surface area contributed by atoms with Crippen molar-refractivity contribution in [2.75, 3.05) is 0 Å². The molecule has 0 aliphatic carbocycles. The van der Waals surface area contributed by atoms with Gasteiger partial charge in [-0.3, -0.25) is 0 Å². The maximum Gasteiger partial charge on any atom is 0.0674 e. The van der Waals surface area contributed by atoms with E-state index in [4.69, 9.17) is 28.9 Å². The lowest BCUT2D eigenvalue weighted by Gasteiger charge is -1.99. The quantitative estimate of drug-likeness (QED) is 0.695. The van der Waals surface area contributed by atoms with Crippen molar-refractivity contribution >= 4 is 23.2 Å². The molecule has 0 atom stereocenters. The lowest BCUT2D eigenvalue weighted by molar-refractivity contribution is 1.07. The maximum atomic E-state index is 5.75. The summed E-state index contributed by atoms with van der Waals surface area (Å²) < 4.78 is 0. The first kappa shape index (κ1) is 7.86. The van der Waals surface area contributed by atoms with Crippen LogP contribution in [0.5, 0.6) is 0 Å². The maximum absolute atomic E-state index is 5.75. The molecule has 0 bridgehead atoms. The molecule has 0 aliphatic rings. The average molecular weight is 175 g/mol. The van der Waals surface area contributed by atoms with E-state index in [0.717, 1.165) is 5.56 Å². The molecule has 0 amide bonds. The normalized spacial score (nSPS) is 9.90. The van der Waals surface area contributed by atoms with Gasteiger partial charge in [-0.25, -0.2) is 0 Å². The molecule has 1 rings (SSSR count). The number of hydrogen-bond donors (Lipinski definition) is 1. The SMILES string of the molecule is NCc1cc[c]c(Cl)c1Cl. The highest BCUT2D eigenvalue weighted by molar-refractivity contribution is 6.42. The second-order valence-corrected chi connectivity index (χ2v) is 2.59. The molecule has 1 nitrogen and oxygen atoms in total. The van der Waals surface area contributed by atoms with E-state index in [1.54, 1.807) is 12.1 Å². The van der Waals surface area contributed by atoms with Crippen molar-refractivity contribution in [3.05, 3.63) is 33.8 Å². The van der Waals surface area contributed by atoms with Gasteiger partial charge >= 0.3 is 0 Å². The molecular weight excluding hydrogens is 169 g/mol. The van der Waals surface area contributed by atoms with Crippen molar-refractivity contribution in [3.63, 3.8) is 0 Å². The van der Waals surface area contributed by atoms with Gasteiger partial charge in [-0.05, 0) is 5.56 Å². The van der Waals surface area contributed by atoms with Crippen molar-refractivity contribution in [2.45, 2.75) is 6.54 Å². The zero-order valence-corrected chi connectivity index (χ0v) is 6.71. The van der Waals surface area contributed by atoms with Crippen LogP contribution in [-0.2, 0) is 6.54 Å². The van der Waals surface area contributed by atoms with Gasteiger partial charge in [0, 0.05) is 12.6 Å². The molecule has 53 valence electrons. The highest BCUT2D eigenvalue weighted by Crippen LogP contribution is 2.24. The minimum atomic E-state index is 0.410. The van der Waals surface area contributed by atoms with Gasteiger partial charge in [0.1, 0.15) is 0 Å². The van der Waals surface area contributed by atoms with Gasteiger partial charge in [0.15, 0.2) is 0 Å². The highest BCUT2D eigenvalue weighted by Gasteiger charge is 2.00. The Hall–Kier alpha value is -0.240. The summed E-state index contributed by atoms with van der Waals surface area (Å²) >= 11 is 11.4. The lowest BCUT2D eigenvalue weighted by atomic mass is 10.2. The van der Waals surface area contributed by atoms with Gasteiger partial charge in [0.05, 0.1) is 10.0 Å². The van der Waals surface area contributed by atoms with Crippen molar-refractivity contribution in [3.8, 4) is 0 Å². The first-order valence-corrected chi connectivity index (χ1v) is 3.56. The fourth-order valence-corrected chi connectivity index (χ4v) is 1.03. The molecule has 1 radical (unpaired) electrons. The number of rotatable bonds is 1. The van der Waals surface area contributed by atoms with E-state index >= 15 is 0 Å². The Labute approximate surface area is 69.7 Å². The van der Waals surface area contributed by atoms with Crippen molar-refractivity contribution < 1.29 is 0 Å². The molecule has 0 saturated carbocycles. The van der Waals surface area contributed by atoms with Crippen LogP contribution in [0, 0.1) is 6.07 Å². The molecule has 0 aliphatic heterocycles. The minimum absolute atomic E-state index is 0.410. The third-order valence-electron chi connectivity index (χ3n) is 1.19. The third-order valence-corrected chi connectivity index (χ3v) is 2.02. The molecule has 0 saturated heterocycles. The summed E-state index contributed by atoms with van der Waals surface area (Å²) in [5.41, 5.74) is 6.21. The zero-order chi connectivity index (χ0) is 7.56. The predicted octanol–water partition coefficient (Wildman–Crippen LogP) is 2.25. The Kier molecular flexibility index (Phi) is 2.55. The van der Waals surface area contributed by atoms with Gasteiger partial charge in [0.25, 0.3) is 0 Å². The van der Waals surface area contributed by atoms with Gasteiger partial charge in [0.2, 0.25) is 0 Å². The van der Waals surface area contributed by atoms with Crippen LogP contribution < -0.4 is 5.73 Å². The first-order chi connectivity index (χ1) is 4.75. The van der Waals surface area contributed by atoms with Crippen molar-refractivity contribution in [2.24, 2.45) is 5.73 Å². The second-order valence-electron chi connectivity index (χ2n) is 1.83. The largest absolute Gasteiger partial charge is 0.326 e. The monoisotopic (exact) mass is 174 g/mol. The summed E-state index contributed by atoms with van der Waals surface area (Å²) in [6.07, 6.45) is 0. The number of hydrogen-bond acceptors (Lipinski definition) is 1. The Balaban J connectivity index is 3.14. The molecule has 0 spiro atoms. The average Bonchev–Trinajstić information content (AvgIpc) is 1.95. The second kappa shape index (κ2) is 3.24. The Morgan fingerprint density at radius 1 is 1.50 bits per heavy atom. The van der Waals surface area contributed by atoms with E-state index in [-0.39, 0.29) is 0 Å². The molecule has 2 N–H and O–H groups in total. The molecule has 10 heavy (non-hydrogen) atoms. The van der Waals surface area contributed by atoms with E-state index < -0.39 is 0 Å². The summed E-state index contributed by atoms with van der Waals surface area (Å²) in [5, 5.41) is 0.941. The Bertz CT molecular complexity index is 235. The van der Waals surface area contributed by atoms with Gasteiger partial charge in [-0.15, -0.1) is 0 Å². The molecule has 0 heterocycles. The third kappa shape index (κ3) is 1.43. The van der Waals surface area contributed by atoms with Gasteiger partial charge in [-0.2, -0.15) is 0 Å². The molecule has 0 aromatic heterocycles. The van der Waals surface area contributed by atoms with Gasteiger partial charge < -0.3 is 5.73 Å². The molecule has 0 fully saturated rings. The van der Waals surface area contributed by atoms with Crippen LogP contribution in [0.3, 0.4) is 0 Å². The van der Waals surface area contributed by atoms with Gasteiger partial charge in [-0.1, -0.05) is 35.3 Å². The van der Waals surface area contributed by atoms with Crippen LogP contribution in [0.4, 0.5) is 0 Å².